The first-order valence-electron chi connectivity index (χ1n) is 6.37. The molecule has 0 saturated heterocycles. The second-order valence-electron chi connectivity index (χ2n) is 4.49. The van der Waals surface area contributed by atoms with Gasteiger partial charge in [0.1, 0.15) is 5.52 Å². The lowest BCUT2D eigenvalue weighted by atomic mass is 10.2. The normalized spacial score (nSPS) is 11.7. The number of hydrogen-bond donors (Lipinski definition) is 4. The van der Waals surface area contributed by atoms with E-state index in [4.69, 9.17) is 10.9 Å². The summed E-state index contributed by atoms with van der Waals surface area (Å²) in [6.45, 7) is 0.604. The standard InChI is InChI=1S/C14H14N6O/c15-13(20-21)10-4-1-5-11-12(10)19-14(18-11)17-8-9-3-2-6-16-7-9/h1-7,21H,8H2,(H2,15,20)(H2,17,18,19). The molecule has 0 fully saturated rings. The molecule has 2 heterocycles. The number of aromatic nitrogens is 3. The summed E-state index contributed by atoms with van der Waals surface area (Å²) in [5.41, 5.74) is 8.75. The number of benzene rings is 1. The number of oxime groups is 1. The van der Waals surface area contributed by atoms with Crippen LogP contribution in [0, 0.1) is 0 Å². The van der Waals surface area contributed by atoms with Gasteiger partial charge in [-0.3, -0.25) is 4.98 Å². The molecular formula is C14H14N6O. The Kier molecular flexibility index (Phi) is 3.38. The molecule has 3 aromatic rings. The quantitative estimate of drug-likeness (QED) is 0.252. The summed E-state index contributed by atoms with van der Waals surface area (Å²) >= 11 is 0. The van der Waals surface area contributed by atoms with Gasteiger partial charge in [-0.25, -0.2) is 4.98 Å². The van der Waals surface area contributed by atoms with Gasteiger partial charge in [0.05, 0.1) is 5.52 Å². The highest BCUT2D eigenvalue weighted by molar-refractivity contribution is 6.07. The third kappa shape index (κ3) is 2.62. The molecule has 0 aliphatic heterocycles. The number of para-hydroxylation sites is 1. The fraction of sp³-hybridized carbons (Fsp3) is 0.0714. The fourth-order valence-corrected chi connectivity index (χ4v) is 2.06. The first-order valence-corrected chi connectivity index (χ1v) is 6.37. The molecule has 0 unspecified atom stereocenters. The first-order chi connectivity index (χ1) is 10.3. The number of hydrogen-bond acceptors (Lipinski definition) is 5. The van der Waals surface area contributed by atoms with Gasteiger partial charge in [-0.1, -0.05) is 17.3 Å². The van der Waals surface area contributed by atoms with Gasteiger partial charge < -0.3 is 21.2 Å². The van der Waals surface area contributed by atoms with E-state index in [1.165, 1.54) is 0 Å². The maximum Gasteiger partial charge on any atom is 0.201 e. The lowest BCUT2D eigenvalue weighted by Gasteiger charge is -2.01. The molecule has 7 heteroatoms. The van der Waals surface area contributed by atoms with Crippen LogP contribution in [0.15, 0.2) is 47.9 Å². The summed E-state index contributed by atoms with van der Waals surface area (Å²) in [6, 6.07) is 9.31. The first kappa shape index (κ1) is 12.9. The molecular weight excluding hydrogens is 268 g/mol. The van der Waals surface area contributed by atoms with E-state index in [1.54, 1.807) is 18.5 Å². The van der Waals surface area contributed by atoms with Gasteiger partial charge in [0.15, 0.2) is 5.84 Å². The molecule has 2 aromatic heterocycles. The average Bonchev–Trinajstić information content (AvgIpc) is 2.96. The summed E-state index contributed by atoms with van der Waals surface area (Å²) in [5, 5.41) is 15.0. The van der Waals surface area contributed by atoms with Crippen molar-refractivity contribution >= 4 is 22.8 Å². The van der Waals surface area contributed by atoms with Gasteiger partial charge in [0.25, 0.3) is 0 Å². The van der Waals surface area contributed by atoms with E-state index in [2.05, 4.69) is 25.4 Å². The van der Waals surface area contributed by atoms with E-state index in [-0.39, 0.29) is 5.84 Å². The average molecular weight is 282 g/mol. The molecule has 0 amide bonds. The summed E-state index contributed by atoms with van der Waals surface area (Å²) in [4.78, 5) is 11.6. The van der Waals surface area contributed by atoms with Crippen LogP contribution in [-0.4, -0.2) is 26.0 Å². The maximum atomic E-state index is 8.81. The van der Waals surface area contributed by atoms with Crippen molar-refractivity contribution in [3.8, 4) is 0 Å². The Morgan fingerprint density at radius 3 is 3.00 bits per heavy atom. The topological polar surface area (TPSA) is 112 Å². The Bertz CT molecular complexity index is 781. The number of amidine groups is 1. The number of pyridine rings is 1. The molecule has 0 atom stereocenters. The third-order valence-corrected chi connectivity index (χ3v) is 3.08. The highest BCUT2D eigenvalue weighted by atomic mass is 16.4. The van der Waals surface area contributed by atoms with E-state index in [1.807, 2.05) is 24.3 Å². The van der Waals surface area contributed by atoms with Crippen molar-refractivity contribution in [3.63, 3.8) is 0 Å². The molecule has 3 rings (SSSR count). The monoisotopic (exact) mass is 282 g/mol. The number of aromatic amines is 1. The molecule has 0 spiro atoms. The minimum absolute atomic E-state index is 0.0332. The second-order valence-corrected chi connectivity index (χ2v) is 4.49. The zero-order valence-corrected chi connectivity index (χ0v) is 11.1. The van der Waals surface area contributed by atoms with Crippen LogP contribution in [0.2, 0.25) is 0 Å². The van der Waals surface area contributed by atoms with Gasteiger partial charge in [0, 0.05) is 24.5 Å². The molecule has 0 aliphatic carbocycles. The molecule has 1 aromatic carbocycles. The highest BCUT2D eigenvalue weighted by Crippen LogP contribution is 2.18. The minimum Gasteiger partial charge on any atom is -0.409 e. The molecule has 0 saturated carbocycles. The van der Waals surface area contributed by atoms with Gasteiger partial charge in [0.2, 0.25) is 5.95 Å². The lowest BCUT2D eigenvalue weighted by Crippen LogP contribution is -2.13. The Morgan fingerprint density at radius 1 is 1.33 bits per heavy atom. The number of imidazole rings is 1. The van der Waals surface area contributed by atoms with Gasteiger partial charge in [-0.05, 0) is 23.8 Å². The summed E-state index contributed by atoms with van der Waals surface area (Å²) in [6.07, 6.45) is 3.52. The van der Waals surface area contributed by atoms with Crippen LogP contribution in [0.4, 0.5) is 5.95 Å². The largest absolute Gasteiger partial charge is 0.409 e. The van der Waals surface area contributed by atoms with Crippen molar-refractivity contribution in [2.45, 2.75) is 6.54 Å². The summed E-state index contributed by atoms with van der Waals surface area (Å²) in [5.74, 6) is 0.651. The lowest BCUT2D eigenvalue weighted by molar-refractivity contribution is 0.318. The predicted molar refractivity (Wildman–Crippen MR) is 80.2 cm³/mol. The molecule has 5 N–H and O–H groups in total. The van der Waals surface area contributed by atoms with Crippen LogP contribution in [0.25, 0.3) is 11.0 Å². The van der Waals surface area contributed by atoms with Crippen LogP contribution in [0.3, 0.4) is 0 Å². The number of nitrogens with zero attached hydrogens (tertiary/aromatic N) is 3. The summed E-state index contributed by atoms with van der Waals surface area (Å²) < 4.78 is 0. The van der Waals surface area contributed by atoms with Crippen molar-refractivity contribution in [2.75, 3.05) is 5.32 Å². The minimum atomic E-state index is 0.0332. The number of nitrogens with one attached hydrogen (secondary N) is 2. The molecule has 0 aliphatic rings. The van der Waals surface area contributed by atoms with Crippen molar-refractivity contribution < 1.29 is 5.21 Å². The highest BCUT2D eigenvalue weighted by Gasteiger charge is 2.10. The number of fused-ring (bicyclic) bond motifs is 1. The van der Waals surface area contributed by atoms with Crippen molar-refractivity contribution in [2.24, 2.45) is 10.9 Å². The van der Waals surface area contributed by atoms with Gasteiger partial charge >= 0.3 is 0 Å². The van der Waals surface area contributed by atoms with Crippen LogP contribution < -0.4 is 11.1 Å². The van der Waals surface area contributed by atoms with E-state index in [0.717, 1.165) is 11.1 Å². The third-order valence-electron chi connectivity index (χ3n) is 3.08. The fourth-order valence-electron chi connectivity index (χ4n) is 2.06. The van der Waals surface area contributed by atoms with E-state index in [0.29, 0.717) is 23.6 Å². The van der Waals surface area contributed by atoms with E-state index in [9.17, 15) is 0 Å². The SMILES string of the molecule is NC(=NO)c1cccc2[nH]c(NCc3cccnc3)nc12. The predicted octanol–water partition coefficient (Wildman–Crippen LogP) is 1.66. The molecule has 0 bridgehead atoms. The maximum absolute atomic E-state index is 8.81. The van der Waals surface area contributed by atoms with Crippen LogP contribution in [0.1, 0.15) is 11.1 Å². The summed E-state index contributed by atoms with van der Waals surface area (Å²) in [7, 11) is 0. The Hall–Kier alpha value is -3.09. The van der Waals surface area contributed by atoms with Crippen LogP contribution >= 0.6 is 0 Å². The molecule has 0 radical (unpaired) electrons. The van der Waals surface area contributed by atoms with Crippen molar-refractivity contribution in [3.05, 3.63) is 53.9 Å². The smallest absolute Gasteiger partial charge is 0.201 e. The molecule has 7 nitrogen and oxygen atoms in total. The number of rotatable bonds is 4. The van der Waals surface area contributed by atoms with E-state index < -0.39 is 0 Å². The molecule has 21 heavy (non-hydrogen) atoms. The number of anilines is 1. The van der Waals surface area contributed by atoms with Gasteiger partial charge in [-0.2, -0.15) is 0 Å². The zero-order valence-electron chi connectivity index (χ0n) is 11.1. The zero-order chi connectivity index (χ0) is 14.7. The van der Waals surface area contributed by atoms with Gasteiger partial charge in [-0.15, -0.1) is 0 Å². The molecule has 106 valence electrons. The van der Waals surface area contributed by atoms with Crippen molar-refractivity contribution in [1.29, 1.82) is 0 Å². The van der Waals surface area contributed by atoms with E-state index >= 15 is 0 Å². The number of H-pyrrole nitrogens is 1. The Balaban J connectivity index is 1.88. The Morgan fingerprint density at radius 2 is 2.24 bits per heavy atom. The van der Waals surface area contributed by atoms with Crippen LogP contribution in [0.5, 0.6) is 0 Å². The van der Waals surface area contributed by atoms with Crippen LogP contribution in [-0.2, 0) is 6.54 Å². The Labute approximate surface area is 120 Å². The van der Waals surface area contributed by atoms with Crippen molar-refractivity contribution in [1.82, 2.24) is 15.0 Å². The number of nitrogens with two attached hydrogens (primary N) is 1. The second kappa shape index (κ2) is 5.49.